The highest BCUT2D eigenvalue weighted by atomic mass is 32.2. The summed E-state index contributed by atoms with van der Waals surface area (Å²) in [6, 6.07) is 10.4. The summed E-state index contributed by atoms with van der Waals surface area (Å²) >= 11 is 1.33. The minimum atomic E-state index is -0.200. The van der Waals surface area contributed by atoms with Crippen LogP contribution in [0.3, 0.4) is 0 Å². The second kappa shape index (κ2) is 6.84. The number of phenolic OH excluding ortho intramolecular Hbond substituents is 2. The van der Waals surface area contributed by atoms with E-state index in [1.165, 1.54) is 23.9 Å². The van der Waals surface area contributed by atoms with Crippen molar-refractivity contribution in [2.24, 2.45) is 0 Å². The molecule has 0 aliphatic heterocycles. The smallest absolute Gasteiger partial charge is 0.230 e. The first kappa shape index (κ1) is 16.2. The van der Waals surface area contributed by atoms with Crippen LogP contribution in [0.2, 0.25) is 0 Å². The molecule has 0 saturated heterocycles. The molecule has 3 aromatic rings. The summed E-state index contributed by atoms with van der Waals surface area (Å²) < 4.78 is 0. The van der Waals surface area contributed by atoms with Crippen molar-refractivity contribution in [2.75, 3.05) is 5.75 Å². The van der Waals surface area contributed by atoms with Crippen molar-refractivity contribution in [1.29, 1.82) is 0 Å². The van der Waals surface area contributed by atoms with Gasteiger partial charge in [-0.2, -0.15) is 0 Å². The number of aromatic amines is 1. The number of amides is 1. The zero-order chi connectivity index (χ0) is 17.1. The molecule has 24 heavy (non-hydrogen) atoms. The number of benzene rings is 2. The quantitative estimate of drug-likeness (QED) is 0.422. The van der Waals surface area contributed by atoms with Gasteiger partial charge in [-0.25, -0.2) is 4.98 Å². The molecule has 0 bridgehead atoms. The number of thioether (sulfide) groups is 1. The molecule has 0 spiro atoms. The van der Waals surface area contributed by atoms with E-state index in [0.717, 1.165) is 16.6 Å². The molecule has 1 amide bonds. The van der Waals surface area contributed by atoms with Crippen LogP contribution in [0, 0.1) is 6.92 Å². The van der Waals surface area contributed by atoms with Crippen molar-refractivity contribution in [3.8, 4) is 11.5 Å². The summed E-state index contributed by atoms with van der Waals surface area (Å²) in [4.78, 5) is 19.5. The lowest BCUT2D eigenvalue weighted by Crippen LogP contribution is -2.24. The molecule has 2 aromatic carbocycles. The number of phenols is 2. The topological polar surface area (TPSA) is 98.2 Å². The van der Waals surface area contributed by atoms with Crippen molar-refractivity contribution in [3.05, 3.63) is 47.5 Å². The van der Waals surface area contributed by atoms with Crippen molar-refractivity contribution >= 4 is 28.7 Å². The first-order valence-corrected chi connectivity index (χ1v) is 8.36. The predicted molar refractivity (Wildman–Crippen MR) is 93.2 cm³/mol. The van der Waals surface area contributed by atoms with E-state index in [9.17, 15) is 15.0 Å². The summed E-state index contributed by atoms with van der Waals surface area (Å²) in [5.74, 6) is -0.276. The third-order valence-electron chi connectivity index (χ3n) is 3.49. The van der Waals surface area contributed by atoms with Gasteiger partial charge in [-0.05, 0) is 42.3 Å². The van der Waals surface area contributed by atoms with E-state index in [1.807, 2.05) is 25.1 Å². The molecule has 0 fully saturated rings. The second-order valence-electron chi connectivity index (χ2n) is 5.45. The first-order chi connectivity index (χ1) is 11.5. The molecule has 4 N–H and O–H groups in total. The number of carbonyl (C=O) groups excluding carboxylic acids is 1. The molecule has 0 aliphatic carbocycles. The molecule has 0 aliphatic rings. The summed E-state index contributed by atoms with van der Waals surface area (Å²) in [6.45, 7) is 2.30. The average Bonchev–Trinajstić information content (AvgIpc) is 2.96. The SMILES string of the molecule is Cc1ccc2nc(SCC(=O)NCc3ccc(O)c(O)c3)[nH]c2c1. The summed E-state index contributed by atoms with van der Waals surface area (Å²) in [6.07, 6.45) is 0. The van der Waals surface area contributed by atoms with E-state index >= 15 is 0 Å². The van der Waals surface area contributed by atoms with E-state index in [-0.39, 0.29) is 29.7 Å². The van der Waals surface area contributed by atoms with Gasteiger partial charge < -0.3 is 20.5 Å². The summed E-state index contributed by atoms with van der Waals surface area (Å²) in [5, 5.41) is 22.2. The van der Waals surface area contributed by atoms with Gasteiger partial charge in [0.15, 0.2) is 16.7 Å². The van der Waals surface area contributed by atoms with Crippen LogP contribution >= 0.6 is 11.8 Å². The summed E-state index contributed by atoms with van der Waals surface area (Å²) in [7, 11) is 0. The van der Waals surface area contributed by atoms with Gasteiger partial charge in [-0.1, -0.05) is 23.9 Å². The fourth-order valence-corrected chi connectivity index (χ4v) is 2.95. The highest BCUT2D eigenvalue weighted by Crippen LogP contribution is 2.24. The zero-order valence-electron chi connectivity index (χ0n) is 13.0. The maximum absolute atomic E-state index is 11.9. The van der Waals surface area contributed by atoms with Crippen LogP contribution in [0.4, 0.5) is 0 Å². The van der Waals surface area contributed by atoms with E-state index in [1.54, 1.807) is 6.07 Å². The highest BCUT2D eigenvalue weighted by Gasteiger charge is 2.08. The lowest BCUT2D eigenvalue weighted by Gasteiger charge is -2.06. The van der Waals surface area contributed by atoms with Crippen LogP contribution in [0.25, 0.3) is 11.0 Å². The lowest BCUT2D eigenvalue weighted by atomic mass is 10.2. The van der Waals surface area contributed by atoms with Gasteiger partial charge in [0.05, 0.1) is 16.8 Å². The molecular weight excluding hydrogens is 326 g/mol. The van der Waals surface area contributed by atoms with Gasteiger partial charge in [0.25, 0.3) is 0 Å². The summed E-state index contributed by atoms with van der Waals surface area (Å²) in [5.41, 5.74) is 3.70. The van der Waals surface area contributed by atoms with Crippen LogP contribution in [-0.2, 0) is 11.3 Å². The fourth-order valence-electron chi connectivity index (χ4n) is 2.23. The number of nitrogens with one attached hydrogen (secondary N) is 2. The molecule has 124 valence electrons. The Morgan fingerprint density at radius 3 is 2.83 bits per heavy atom. The standard InChI is InChI=1S/C17H17N3O3S/c1-10-2-4-12-13(6-10)20-17(19-12)24-9-16(23)18-8-11-3-5-14(21)15(22)7-11/h2-7,21-22H,8-9H2,1H3,(H,18,23)(H,19,20). The minimum absolute atomic E-state index is 0.135. The van der Waals surface area contributed by atoms with Crippen molar-refractivity contribution < 1.29 is 15.0 Å². The Labute approximate surface area is 142 Å². The third-order valence-corrected chi connectivity index (χ3v) is 4.36. The maximum atomic E-state index is 11.9. The number of fused-ring (bicyclic) bond motifs is 1. The largest absolute Gasteiger partial charge is 0.504 e. The van der Waals surface area contributed by atoms with Gasteiger partial charge in [-0.3, -0.25) is 4.79 Å². The Bertz CT molecular complexity index is 892. The van der Waals surface area contributed by atoms with Crippen LogP contribution < -0.4 is 5.32 Å². The minimum Gasteiger partial charge on any atom is -0.504 e. The van der Waals surface area contributed by atoms with Gasteiger partial charge in [0.2, 0.25) is 5.91 Å². The van der Waals surface area contributed by atoms with Crippen LogP contribution in [-0.4, -0.2) is 31.8 Å². The molecule has 1 heterocycles. The lowest BCUT2D eigenvalue weighted by molar-refractivity contribution is -0.118. The van der Waals surface area contributed by atoms with E-state index in [0.29, 0.717) is 10.7 Å². The van der Waals surface area contributed by atoms with Gasteiger partial charge >= 0.3 is 0 Å². The average molecular weight is 343 g/mol. The van der Waals surface area contributed by atoms with E-state index < -0.39 is 0 Å². The number of H-pyrrole nitrogens is 1. The molecule has 0 saturated carbocycles. The second-order valence-corrected chi connectivity index (χ2v) is 6.42. The third kappa shape index (κ3) is 3.80. The van der Waals surface area contributed by atoms with Gasteiger partial charge in [-0.15, -0.1) is 0 Å². The molecule has 6 nitrogen and oxygen atoms in total. The number of hydrogen-bond acceptors (Lipinski definition) is 5. The normalized spacial score (nSPS) is 10.9. The Morgan fingerprint density at radius 2 is 2.04 bits per heavy atom. The molecule has 1 aromatic heterocycles. The first-order valence-electron chi connectivity index (χ1n) is 7.38. The number of imidazole rings is 1. The van der Waals surface area contributed by atoms with E-state index in [2.05, 4.69) is 15.3 Å². The highest BCUT2D eigenvalue weighted by molar-refractivity contribution is 7.99. The monoisotopic (exact) mass is 343 g/mol. The van der Waals surface area contributed by atoms with Gasteiger partial charge in [0, 0.05) is 6.54 Å². The molecular formula is C17H17N3O3S. The molecule has 3 rings (SSSR count). The number of rotatable bonds is 5. The zero-order valence-corrected chi connectivity index (χ0v) is 13.9. The molecule has 7 heteroatoms. The Morgan fingerprint density at radius 1 is 1.21 bits per heavy atom. The van der Waals surface area contributed by atoms with Crippen LogP contribution in [0.15, 0.2) is 41.6 Å². The van der Waals surface area contributed by atoms with Crippen LogP contribution in [0.1, 0.15) is 11.1 Å². The number of aryl methyl sites for hydroxylation is 1. The van der Waals surface area contributed by atoms with Crippen molar-refractivity contribution in [1.82, 2.24) is 15.3 Å². The number of aromatic nitrogens is 2. The predicted octanol–water partition coefficient (Wildman–Crippen LogP) is 2.69. The number of hydrogen-bond donors (Lipinski definition) is 4. The van der Waals surface area contributed by atoms with Crippen LogP contribution in [0.5, 0.6) is 11.5 Å². The Kier molecular flexibility index (Phi) is 4.61. The molecule has 0 atom stereocenters. The van der Waals surface area contributed by atoms with Crippen molar-refractivity contribution in [3.63, 3.8) is 0 Å². The number of carbonyl (C=O) groups is 1. The molecule has 0 radical (unpaired) electrons. The Balaban J connectivity index is 1.53. The fraction of sp³-hybridized carbons (Fsp3) is 0.176. The van der Waals surface area contributed by atoms with Crippen molar-refractivity contribution in [2.45, 2.75) is 18.6 Å². The number of aromatic hydroxyl groups is 2. The van der Waals surface area contributed by atoms with Gasteiger partial charge in [0.1, 0.15) is 0 Å². The maximum Gasteiger partial charge on any atom is 0.230 e. The molecule has 0 unspecified atom stereocenters. The number of nitrogens with zero attached hydrogens (tertiary/aromatic N) is 1. The van der Waals surface area contributed by atoms with E-state index in [4.69, 9.17) is 0 Å². The Hall–Kier alpha value is -2.67.